The summed E-state index contributed by atoms with van der Waals surface area (Å²) in [5.41, 5.74) is 0.755. The maximum Gasteiger partial charge on any atom is 0.198 e. The maximum atomic E-state index is 11.7. The Hall–Kier alpha value is -1.02. The van der Waals surface area contributed by atoms with Crippen LogP contribution in [0.3, 0.4) is 0 Å². The molecule has 1 nitrogen and oxygen atoms in total. The van der Waals surface area contributed by atoms with Gasteiger partial charge in [-0.3, -0.25) is 4.79 Å². The van der Waals surface area contributed by atoms with Gasteiger partial charge in [-0.25, -0.2) is 0 Å². The first-order valence-electron chi connectivity index (χ1n) is 4.09. The smallest absolute Gasteiger partial charge is 0.198 e. The Morgan fingerprint density at radius 2 is 1.92 bits per heavy atom. The normalized spacial score (nSPS) is 11.4. The van der Waals surface area contributed by atoms with E-state index in [4.69, 9.17) is 0 Å². The lowest BCUT2D eigenvalue weighted by molar-refractivity contribution is 0.104. The van der Waals surface area contributed by atoms with Crippen LogP contribution < -0.4 is 0 Å². The Kier molecular flexibility index (Phi) is 3.77. The van der Waals surface area contributed by atoms with Crippen LogP contribution in [-0.2, 0) is 0 Å². The van der Waals surface area contributed by atoms with E-state index in [0.29, 0.717) is 0 Å². The van der Waals surface area contributed by atoms with Gasteiger partial charge in [-0.2, -0.15) is 0 Å². The molecule has 1 rings (SSSR count). The lowest BCUT2D eigenvalue weighted by atomic mass is 10.1. The molecule has 0 aromatic heterocycles. The van der Waals surface area contributed by atoms with E-state index in [-0.39, 0.29) is 5.78 Å². The molecule has 0 radical (unpaired) electrons. The molecule has 13 heavy (non-hydrogen) atoms. The van der Waals surface area contributed by atoms with Gasteiger partial charge < -0.3 is 0 Å². The second-order valence-electron chi connectivity index (χ2n) is 2.55. The predicted molar refractivity (Wildman–Crippen MR) is 58.0 cm³/mol. The number of allylic oxidation sites excluding steroid dienone is 2. The fourth-order valence-corrected chi connectivity index (χ4v) is 1.61. The van der Waals surface area contributed by atoms with Gasteiger partial charge in [0, 0.05) is 5.56 Å². The van der Waals surface area contributed by atoms with Crippen LogP contribution in [0.25, 0.3) is 0 Å². The summed E-state index contributed by atoms with van der Waals surface area (Å²) in [7, 11) is 0. The molecule has 0 aliphatic heterocycles. The third-order valence-electron chi connectivity index (χ3n) is 1.74. The summed E-state index contributed by atoms with van der Waals surface area (Å²) in [6.07, 6.45) is 3.76. The van der Waals surface area contributed by atoms with Gasteiger partial charge >= 0.3 is 0 Å². The number of ketones is 1. The molecule has 0 bridgehead atoms. The molecule has 1 aromatic carbocycles. The Morgan fingerprint density at radius 3 is 2.38 bits per heavy atom. The summed E-state index contributed by atoms with van der Waals surface area (Å²) in [6, 6.07) is 9.33. The largest absolute Gasteiger partial charge is 0.288 e. The number of thioether (sulfide) groups is 1. The molecule has 0 saturated heterocycles. The first-order chi connectivity index (χ1) is 6.29. The van der Waals surface area contributed by atoms with Crippen LogP contribution in [0.1, 0.15) is 17.3 Å². The lowest BCUT2D eigenvalue weighted by Gasteiger charge is -2.01. The second kappa shape index (κ2) is 4.87. The van der Waals surface area contributed by atoms with E-state index < -0.39 is 0 Å². The monoisotopic (exact) mass is 192 g/mol. The number of carbonyl (C=O) groups is 1. The van der Waals surface area contributed by atoms with E-state index in [1.807, 2.05) is 49.6 Å². The van der Waals surface area contributed by atoms with Crippen molar-refractivity contribution in [2.24, 2.45) is 0 Å². The van der Waals surface area contributed by atoms with Crippen molar-refractivity contribution in [1.29, 1.82) is 0 Å². The molecule has 2 heteroatoms. The van der Waals surface area contributed by atoms with E-state index in [9.17, 15) is 4.79 Å². The van der Waals surface area contributed by atoms with Gasteiger partial charge in [0.1, 0.15) is 0 Å². The number of rotatable bonds is 3. The van der Waals surface area contributed by atoms with Crippen molar-refractivity contribution in [1.82, 2.24) is 0 Å². The molecular weight excluding hydrogens is 180 g/mol. The van der Waals surface area contributed by atoms with E-state index in [1.165, 1.54) is 11.8 Å². The zero-order valence-corrected chi connectivity index (χ0v) is 8.60. The van der Waals surface area contributed by atoms with Crippen LogP contribution in [0.4, 0.5) is 0 Å². The molecule has 0 unspecified atom stereocenters. The van der Waals surface area contributed by atoms with Gasteiger partial charge in [-0.1, -0.05) is 36.4 Å². The van der Waals surface area contributed by atoms with Gasteiger partial charge in [-0.15, -0.1) is 11.8 Å². The Labute approximate surface area is 82.9 Å². The number of hydrogen-bond acceptors (Lipinski definition) is 2. The molecule has 0 fully saturated rings. The van der Waals surface area contributed by atoms with E-state index in [0.717, 1.165) is 10.5 Å². The van der Waals surface area contributed by atoms with Crippen molar-refractivity contribution < 1.29 is 4.79 Å². The van der Waals surface area contributed by atoms with Crippen LogP contribution >= 0.6 is 11.8 Å². The van der Waals surface area contributed by atoms with Crippen LogP contribution in [0.5, 0.6) is 0 Å². The highest BCUT2D eigenvalue weighted by Crippen LogP contribution is 2.17. The van der Waals surface area contributed by atoms with Crippen molar-refractivity contribution in [2.45, 2.75) is 6.92 Å². The average molecular weight is 192 g/mol. The summed E-state index contributed by atoms with van der Waals surface area (Å²) in [5.74, 6) is 0.107. The number of benzene rings is 1. The van der Waals surface area contributed by atoms with Crippen molar-refractivity contribution in [3.8, 4) is 0 Å². The first-order valence-corrected chi connectivity index (χ1v) is 5.32. The summed E-state index contributed by atoms with van der Waals surface area (Å²) < 4.78 is 0. The van der Waals surface area contributed by atoms with Crippen molar-refractivity contribution in [2.75, 3.05) is 6.26 Å². The highest BCUT2D eigenvalue weighted by Gasteiger charge is 2.08. The Morgan fingerprint density at radius 1 is 1.31 bits per heavy atom. The highest BCUT2D eigenvalue weighted by molar-refractivity contribution is 8.03. The SMILES string of the molecule is C/C=C(\SC)C(=O)c1ccccc1. The molecule has 0 saturated carbocycles. The van der Waals surface area contributed by atoms with Crippen LogP contribution in [0, 0.1) is 0 Å². The quantitative estimate of drug-likeness (QED) is 0.540. The summed E-state index contributed by atoms with van der Waals surface area (Å²) in [4.78, 5) is 12.5. The van der Waals surface area contributed by atoms with Crippen LogP contribution in [0.2, 0.25) is 0 Å². The molecule has 0 N–H and O–H groups in total. The molecule has 0 atom stereocenters. The van der Waals surface area contributed by atoms with Gasteiger partial charge in [0.05, 0.1) is 4.91 Å². The van der Waals surface area contributed by atoms with E-state index >= 15 is 0 Å². The molecule has 0 spiro atoms. The topological polar surface area (TPSA) is 17.1 Å². The minimum atomic E-state index is 0.107. The van der Waals surface area contributed by atoms with Crippen molar-refractivity contribution >= 4 is 17.5 Å². The van der Waals surface area contributed by atoms with E-state index in [2.05, 4.69) is 0 Å². The third kappa shape index (κ3) is 2.46. The average Bonchev–Trinajstić information content (AvgIpc) is 2.21. The molecular formula is C11H12OS. The number of carbonyl (C=O) groups excluding carboxylic acids is 1. The van der Waals surface area contributed by atoms with Gasteiger partial charge in [0.15, 0.2) is 5.78 Å². The standard InChI is InChI=1S/C11H12OS/c1-3-10(13-2)11(12)9-7-5-4-6-8-9/h3-8H,1-2H3/b10-3-. The molecule has 1 aromatic rings. The van der Waals surface area contributed by atoms with Crippen molar-refractivity contribution in [3.63, 3.8) is 0 Å². The summed E-state index contributed by atoms with van der Waals surface area (Å²) in [5, 5.41) is 0. The minimum Gasteiger partial charge on any atom is -0.288 e. The Balaban J connectivity index is 2.92. The van der Waals surface area contributed by atoms with Gasteiger partial charge in [0.25, 0.3) is 0 Å². The van der Waals surface area contributed by atoms with E-state index in [1.54, 1.807) is 0 Å². The molecule has 0 heterocycles. The third-order valence-corrected chi connectivity index (χ3v) is 2.60. The van der Waals surface area contributed by atoms with Crippen LogP contribution in [-0.4, -0.2) is 12.0 Å². The van der Waals surface area contributed by atoms with Gasteiger partial charge in [0.2, 0.25) is 0 Å². The predicted octanol–water partition coefficient (Wildman–Crippen LogP) is 3.14. The lowest BCUT2D eigenvalue weighted by Crippen LogP contribution is -1.99. The van der Waals surface area contributed by atoms with Gasteiger partial charge in [-0.05, 0) is 13.2 Å². The summed E-state index contributed by atoms with van der Waals surface area (Å²) >= 11 is 1.48. The minimum absolute atomic E-state index is 0.107. The zero-order valence-electron chi connectivity index (χ0n) is 7.78. The molecule has 0 amide bonds. The Bertz CT molecular complexity index is 314. The zero-order chi connectivity index (χ0) is 9.68. The maximum absolute atomic E-state index is 11.7. The number of hydrogen-bond donors (Lipinski definition) is 0. The highest BCUT2D eigenvalue weighted by atomic mass is 32.2. The number of Topliss-reactive ketones (excluding diaryl/α,β-unsaturated/α-hetero) is 1. The molecule has 0 aliphatic rings. The molecule has 68 valence electrons. The summed E-state index contributed by atoms with van der Waals surface area (Å²) in [6.45, 7) is 1.88. The fraction of sp³-hybridized carbons (Fsp3) is 0.182. The first kappa shape index (κ1) is 10.1. The molecule has 0 aliphatic carbocycles. The second-order valence-corrected chi connectivity index (χ2v) is 3.40. The van der Waals surface area contributed by atoms with Crippen LogP contribution in [0.15, 0.2) is 41.3 Å². The fourth-order valence-electron chi connectivity index (χ4n) is 1.07. The van der Waals surface area contributed by atoms with Crippen molar-refractivity contribution in [3.05, 3.63) is 46.9 Å².